The van der Waals surface area contributed by atoms with Gasteiger partial charge in [0, 0.05) is 10.9 Å². The Bertz CT molecular complexity index is 436. The first-order valence-corrected chi connectivity index (χ1v) is 8.00. The summed E-state index contributed by atoms with van der Waals surface area (Å²) in [6.07, 6.45) is 5.49. The number of hydrogen-bond acceptors (Lipinski definition) is 3. The van der Waals surface area contributed by atoms with Gasteiger partial charge in [0.15, 0.2) is 0 Å². The molecule has 100 valence electrons. The fourth-order valence-electron chi connectivity index (χ4n) is 2.59. The number of thiazole rings is 1. The van der Waals surface area contributed by atoms with Crippen molar-refractivity contribution in [3.63, 3.8) is 0 Å². The van der Waals surface area contributed by atoms with E-state index in [1.165, 1.54) is 41.3 Å². The van der Waals surface area contributed by atoms with Gasteiger partial charge in [-0.2, -0.15) is 0 Å². The number of hydrogen-bond donors (Lipinski definition) is 1. The third kappa shape index (κ3) is 2.62. The normalized spacial score (nSPS) is 22.2. The van der Waals surface area contributed by atoms with E-state index in [9.17, 15) is 0 Å². The molecule has 2 aliphatic carbocycles. The maximum Gasteiger partial charge on any atom is 0.110 e. The molecule has 0 aromatic carbocycles. The van der Waals surface area contributed by atoms with Crippen LogP contribution >= 0.6 is 11.3 Å². The summed E-state index contributed by atoms with van der Waals surface area (Å²) in [5.41, 5.74) is 1.47. The molecular formula is C15H24N2S. The summed E-state index contributed by atoms with van der Waals surface area (Å²) in [6.45, 7) is 9.04. The maximum atomic E-state index is 4.88. The monoisotopic (exact) mass is 264 g/mol. The van der Waals surface area contributed by atoms with E-state index >= 15 is 0 Å². The zero-order valence-corrected chi connectivity index (χ0v) is 12.7. The predicted molar refractivity (Wildman–Crippen MR) is 77.2 cm³/mol. The van der Waals surface area contributed by atoms with Gasteiger partial charge in [-0.15, -0.1) is 11.3 Å². The molecule has 1 N–H and O–H groups in total. The van der Waals surface area contributed by atoms with Gasteiger partial charge < -0.3 is 5.32 Å². The first-order valence-electron chi connectivity index (χ1n) is 7.19. The maximum absolute atomic E-state index is 4.88. The fraction of sp³-hybridized carbons (Fsp3) is 0.800. The van der Waals surface area contributed by atoms with Crippen LogP contribution in [-0.4, -0.2) is 11.0 Å². The molecule has 2 nitrogen and oxygen atoms in total. The molecule has 3 heteroatoms. The second-order valence-electron chi connectivity index (χ2n) is 6.97. The van der Waals surface area contributed by atoms with Gasteiger partial charge in [-0.1, -0.05) is 20.8 Å². The molecule has 3 rings (SSSR count). The molecule has 2 fully saturated rings. The molecule has 0 amide bonds. The van der Waals surface area contributed by atoms with E-state index < -0.39 is 0 Å². The third-order valence-corrected chi connectivity index (χ3v) is 5.51. The molecule has 0 spiro atoms. The van der Waals surface area contributed by atoms with Crippen LogP contribution in [-0.2, 0) is 5.41 Å². The molecule has 1 unspecified atom stereocenters. The molecule has 0 bridgehead atoms. The molecule has 1 aromatic heterocycles. The number of nitrogens with one attached hydrogen (secondary N) is 1. The summed E-state index contributed by atoms with van der Waals surface area (Å²) in [7, 11) is 0. The quantitative estimate of drug-likeness (QED) is 0.890. The Labute approximate surface area is 114 Å². The molecule has 0 aliphatic heterocycles. The summed E-state index contributed by atoms with van der Waals surface area (Å²) in [4.78, 5) is 6.33. The van der Waals surface area contributed by atoms with Gasteiger partial charge >= 0.3 is 0 Å². The fourth-order valence-corrected chi connectivity index (χ4v) is 3.87. The van der Waals surface area contributed by atoms with Crippen molar-refractivity contribution in [2.75, 3.05) is 0 Å². The highest BCUT2D eigenvalue weighted by atomic mass is 32.1. The van der Waals surface area contributed by atoms with Gasteiger partial charge in [0.25, 0.3) is 0 Å². The lowest BCUT2D eigenvalue weighted by atomic mass is 9.93. The SMILES string of the molecule is Cc1nc(C(NC2CC2)C2CC2)sc1C(C)(C)C. The van der Waals surface area contributed by atoms with Crippen molar-refractivity contribution in [2.45, 2.75) is 70.9 Å². The number of nitrogens with zero attached hydrogens (tertiary/aromatic N) is 1. The van der Waals surface area contributed by atoms with Crippen molar-refractivity contribution in [3.8, 4) is 0 Å². The van der Waals surface area contributed by atoms with Crippen molar-refractivity contribution >= 4 is 11.3 Å². The Morgan fingerprint density at radius 2 is 1.89 bits per heavy atom. The van der Waals surface area contributed by atoms with Crippen LogP contribution in [0.25, 0.3) is 0 Å². The van der Waals surface area contributed by atoms with Crippen molar-refractivity contribution < 1.29 is 0 Å². The van der Waals surface area contributed by atoms with Gasteiger partial charge in [-0.05, 0) is 43.9 Å². The molecule has 1 aromatic rings. The highest BCUT2D eigenvalue weighted by Gasteiger charge is 2.38. The number of rotatable bonds is 4. The molecule has 18 heavy (non-hydrogen) atoms. The lowest BCUT2D eigenvalue weighted by Crippen LogP contribution is -2.24. The van der Waals surface area contributed by atoms with Crippen molar-refractivity contribution in [2.24, 2.45) is 5.92 Å². The minimum atomic E-state index is 0.230. The highest BCUT2D eigenvalue weighted by molar-refractivity contribution is 7.12. The van der Waals surface area contributed by atoms with Crippen molar-refractivity contribution in [3.05, 3.63) is 15.6 Å². The summed E-state index contributed by atoms with van der Waals surface area (Å²) < 4.78 is 0. The van der Waals surface area contributed by atoms with Crippen LogP contribution in [0.2, 0.25) is 0 Å². The molecule has 1 atom stereocenters. The average molecular weight is 264 g/mol. The molecule has 0 saturated heterocycles. The van der Waals surface area contributed by atoms with Gasteiger partial charge in [0.05, 0.1) is 11.7 Å². The van der Waals surface area contributed by atoms with Crippen molar-refractivity contribution in [1.82, 2.24) is 10.3 Å². The zero-order valence-electron chi connectivity index (χ0n) is 11.9. The van der Waals surface area contributed by atoms with E-state index in [0.717, 1.165) is 12.0 Å². The smallest absolute Gasteiger partial charge is 0.110 e. The minimum Gasteiger partial charge on any atom is -0.305 e. The lowest BCUT2D eigenvalue weighted by molar-refractivity contribution is 0.475. The minimum absolute atomic E-state index is 0.230. The summed E-state index contributed by atoms with van der Waals surface area (Å²) in [5, 5.41) is 5.15. The second-order valence-corrected chi connectivity index (χ2v) is 8.00. The van der Waals surface area contributed by atoms with E-state index in [1.54, 1.807) is 0 Å². The van der Waals surface area contributed by atoms with Crippen LogP contribution in [0, 0.1) is 12.8 Å². The van der Waals surface area contributed by atoms with Crippen LogP contribution in [0.3, 0.4) is 0 Å². The summed E-state index contributed by atoms with van der Waals surface area (Å²) >= 11 is 1.94. The van der Waals surface area contributed by atoms with Gasteiger partial charge in [-0.25, -0.2) is 4.98 Å². The first kappa shape index (κ1) is 12.6. The first-order chi connectivity index (χ1) is 8.45. The molecule has 2 saturated carbocycles. The molecule has 0 radical (unpaired) electrons. The average Bonchev–Trinajstić information content (AvgIpc) is 3.13. The molecule has 1 heterocycles. The Kier molecular flexibility index (Phi) is 3.02. The van der Waals surface area contributed by atoms with E-state index in [-0.39, 0.29) is 5.41 Å². The highest BCUT2D eigenvalue weighted by Crippen LogP contribution is 2.45. The zero-order chi connectivity index (χ0) is 12.9. The lowest BCUT2D eigenvalue weighted by Gasteiger charge is -2.17. The standard InChI is InChI=1S/C15H24N2S/c1-9-13(15(2,3)4)18-14(16-9)12(10-5-6-10)17-11-7-8-11/h10-12,17H,5-8H2,1-4H3. The van der Waals surface area contributed by atoms with Gasteiger partial charge in [0.2, 0.25) is 0 Å². The van der Waals surface area contributed by atoms with Crippen LogP contribution in [0.4, 0.5) is 0 Å². The topological polar surface area (TPSA) is 24.9 Å². The van der Waals surface area contributed by atoms with Crippen LogP contribution in [0.1, 0.15) is 68.1 Å². The van der Waals surface area contributed by atoms with Crippen LogP contribution < -0.4 is 5.32 Å². The Hall–Kier alpha value is -0.410. The van der Waals surface area contributed by atoms with E-state index in [4.69, 9.17) is 4.98 Å². The van der Waals surface area contributed by atoms with Gasteiger partial charge in [-0.3, -0.25) is 0 Å². The predicted octanol–water partition coefficient (Wildman–Crippen LogP) is 3.95. The largest absolute Gasteiger partial charge is 0.305 e. The van der Waals surface area contributed by atoms with Crippen LogP contribution in [0.15, 0.2) is 0 Å². The Morgan fingerprint density at radius 3 is 2.33 bits per heavy atom. The van der Waals surface area contributed by atoms with E-state index in [1.807, 2.05) is 11.3 Å². The number of aromatic nitrogens is 1. The van der Waals surface area contributed by atoms with E-state index in [0.29, 0.717) is 6.04 Å². The summed E-state index contributed by atoms with van der Waals surface area (Å²) in [6, 6.07) is 1.31. The second kappa shape index (κ2) is 4.31. The van der Waals surface area contributed by atoms with Crippen molar-refractivity contribution in [1.29, 1.82) is 0 Å². The Morgan fingerprint density at radius 1 is 1.22 bits per heavy atom. The number of aryl methyl sites for hydroxylation is 1. The van der Waals surface area contributed by atoms with E-state index in [2.05, 4.69) is 33.0 Å². The third-order valence-electron chi connectivity index (χ3n) is 3.85. The van der Waals surface area contributed by atoms with Gasteiger partial charge in [0.1, 0.15) is 5.01 Å². The van der Waals surface area contributed by atoms with Crippen LogP contribution in [0.5, 0.6) is 0 Å². The summed E-state index contributed by atoms with van der Waals surface area (Å²) in [5.74, 6) is 0.851. The Balaban J connectivity index is 1.84. The molecule has 2 aliphatic rings. The molecular weight excluding hydrogens is 240 g/mol.